The molecule has 0 saturated heterocycles. The van der Waals surface area contributed by atoms with Crippen molar-refractivity contribution in [2.24, 2.45) is 0 Å². The number of nitrogens with one attached hydrogen (secondary N) is 1. The second-order valence-electron chi connectivity index (χ2n) is 5.09. The fourth-order valence-corrected chi connectivity index (χ4v) is 2.93. The number of carbonyl (C=O) groups is 1. The molecule has 0 atom stereocenters. The van der Waals surface area contributed by atoms with Crippen molar-refractivity contribution >= 4 is 27.5 Å². The van der Waals surface area contributed by atoms with Crippen molar-refractivity contribution in [2.45, 2.75) is 11.8 Å². The summed E-state index contributed by atoms with van der Waals surface area (Å²) in [5.74, 6) is 0.362. The van der Waals surface area contributed by atoms with Gasteiger partial charge in [-0.25, -0.2) is 8.42 Å². The van der Waals surface area contributed by atoms with E-state index < -0.39 is 15.7 Å². The number of hydrogen-bond acceptors (Lipinski definition) is 4. The number of carbonyl (C=O) groups excluding carboxylic acids is 1. The molecule has 2 rings (SSSR count). The van der Waals surface area contributed by atoms with Crippen molar-refractivity contribution in [3.63, 3.8) is 0 Å². The van der Waals surface area contributed by atoms with Crippen molar-refractivity contribution in [2.75, 3.05) is 18.2 Å². The fourth-order valence-electron chi connectivity index (χ4n) is 2.08. The van der Waals surface area contributed by atoms with Crippen molar-refractivity contribution in [1.82, 2.24) is 0 Å². The molecule has 0 bridgehead atoms. The summed E-state index contributed by atoms with van der Waals surface area (Å²) < 4.78 is 28.8. The third-order valence-electron chi connectivity index (χ3n) is 3.16. The van der Waals surface area contributed by atoms with Crippen LogP contribution in [0.25, 0.3) is 6.08 Å². The second kappa shape index (κ2) is 7.79. The molecule has 0 aliphatic rings. The lowest BCUT2D eigenvalue weighted by atomic mass is 10.2. The minimum Gasteiger partial charge on any atom is -0.494 e. The molecule has 2 aromatic carbocycles. The molecule has 0 saturated carbocycles. The highest BCUT2D eigenvalue weighted by Crippen LogP contribution is 2.20. The van der Waals surface area contributed by atoms with Gasteiger partial charge in [-0.15, -0.1) is 0 Å². The molecule has 0 radical (unpaired) electrons. The topological polar surface area (TPSA) is 72.5 Å². The van der Waals surface area contributed by atoms with Crippen molar-refractivity contribution < 1.29 is 17.9 Å². The quantitative estimate of drug-likeness (QED) is 0.817. The van der Waals surface area contributed by atoms with Gasteiger partial charge in [0.1, 0.15) is 5.75 Å². The molecule has 24 heavy (non-hydrogen) atoms. The van der Waals surface area contributed by atoms with Crippen LogP contribution in [0.1, 0.15) is 12.5 Å². The van der Waals surface area contributed by atoms with Gasteiger partial charge in [0.15, 0.2) is 9.84 Å². The van der Waals surface area contributed by atoms with Gasteiger partial charge in [-0.1, -0.05) is 24.3 Å². The summed E-state index contributed by atoms with van der Waals surface area (Å²) in [5.41, 5.74) is 1.10. The van der Waals surface area contributed by atoms with E-state index in [1.54, 1.807) is 24.3 Å². The highest BCUT2D eigenvalue weighted by Gasteiger charge is 2.13. The van der Waals surface area contributed by atoms with E-state index >= 15 is 0 Å². The first kappa shape index (κ1) is 17.7. The molecule has 0 heterocycles. The highest BCUT2D eigenvalue weighted by atomic mass is 32.2. The van der Waals surface area contributed by atoms with Gasteiger partial charge in [-0.05, 0) is 42.8 Å². The molecule has 0 aromatic heterocycles. The standard InChI is InChI=1S/C18H19NO4S/c1-3-23-15-11-8-14(9-12-15)10-13-18(20)19-16-6-4-5-7-17(16)24(2,21)22/h4-13H,3H2,1-2H3,(H,19,20)/b13-10+. The van der Waals surface area contributed by atoms with Gasteiger partial charge in [0, 0.05) is 12.3 Å². The van der Waals surface area contributed by atoms with E-state index in [0.29, 0.717) is 6.61 Å². The molecule has 126 valence electrons. The number of amides is 1. The first-order valence-corrected chi connectivity index (χ1v) is 9.30. The van der Waals surface area contributed by atoms with Gasteiger partial charge in [-0.3, -0.25) is 4.79 Å². The minimum absolute atomic E-state index is 0.0906. The molecule has 1 amide bonds. The SMILES string of the molecule is CCOc1ccc(/C=C/C(=O)Nc2ccccc2S(C)(=O)=O)cc1. The van der Waals surface area contributed by atoms with E-state index in [1.807, 2.05) is 31.2 Å². The van der Waals surface area contributed by atoms with Gasteiger partial charge in [0.2, 0.25) is 5.91 Å². The predicted molar refractivity (Wildman–Crippen MR) is 94.8 cm³/mol. The third kappa shape index (κ3) is 4.96. The lowest BCUT2D eigenvalue weighted by molar-refractivity contribution is -0.111. The molecule has 0 fully saturated rings. The van der Waals surface area contributed by atoms with Gasteiger partial charge in [0.25, 0.3) is 0 Å². The van der Waals surface area contributed by atoms with Gasteiger partial charge < -0.3 is 10.1 Å². The molecule has 1 N–H and O–H groups in total. The largest absolute Gasteiger partial charge is 0.494 e. The molecule has 0 unspecified atom stereocenters. The van der Waals surface area contributed by atoms with Crippen LogP contribution in [-0.2, 0) is 14.6 Å². The number of rotatable bonds is 6. The normalized spacial score (nSPS) is 11.4. The summed E-state index contributed by atoms with van der Waals surface area (Å²) in [7, 11) is -3.41. The highest BCUT2D eigenvalue weighted by molar-refractivity contribution is 7.90. The maximum atomic E-state index is 12.0. The van der Waals surface area contributed by atoms with Crippen LogP contribution in [0.3, 0.4) is 0 Å². The monoisotopic (exact) mass is 345 g/mol. The van der Waals surface area contributed by atoms with Crippen LogP contribution in [0.4, 0.5) is 5.69 Å². The Balaban J connectivity index is 2.08. The Labute approximate surface area is 141 Å². The molecule has 0 aliphatic carbocycles. The van der Waals surface area contributed by atoms with E-state index in [2.05, 4.69) is 5.32 Å². The minimum atomic E-state index is -3.41. The lowest BCUT2D eigenvalue weighted by Gasteiger charge is -2.07. The molecule has 5 nitrogen and oxygen atoms in total. The van der Waals surface area contributed by atoms with Crippen LogP contribution < -0.4 is 10.1 Å². The van der Waals surface area contributed by atoms with Gasteiger partial charge in [-0.2, -0.15) is 0 Å². The molecule has 2 aromatic rings. The Morgan fingerprint density at radius 2 is 1.79 bits per heavy atom. The number of sulfone groups is 1. The first-order valence-electron chi connectivity index (χ1n) is 7.41. The fraction of sp³-hybridized carbons (Fsp3) is 0.167. The van der Waals surface area contributed by atoms with Gasteiger partial charge >= 0.3 is 0 Å². The van der Waals surface area contributed by atoms with E-state index in [4.69, 9.17) is 4.74 Å². The summed E-state index contributed by atoms with van der Waals surface area (Å²) in [6.07, 6.45) is 4.11. The number of anilines is 1. The lowest BCUT2D eigenvalue weighted by Crippen LogP contribution is -2.11. The molecule has 0 spiro atoms. The number of hydrogen-bond donors (Lipinski definition) is 1. The molecule has 0 aliphatic heterocycles. The molecule has 6 heteroatoms. The first-order chi connectivity index (χ1) is 11.4. The van der Waals surface area contributed by atoms with Crippen LogP contribution in [0.15, 0.2) is 59.5 Å². The average molecular weight is 345 g/mol. The van der Waals surface area contributed by atoms with E-state index in [1.165, 1.54) is 12.1 Å². The summed E-state index contributed by atoms with van der Waals surface area (Å²) in [5, 5.41) is 2.59. The third-order valence-corrected chi connectivity index (χ3v) is 4.32. The number of ether oxygens (including phenoxy) is 1. The van der Waals surface area contributed by atoms with Crippen LogP contribution >= 0.6 is 0 Å². The molecular formula is C18H19NO4S. The van der Waals surface area contributed by atoms with E-state index in [-0.39, 0.29) is 10.6 Å². The number of para-hydroxylation sites is 1. The zero-order valence-electron chi connectivity index (χ0n) is 13.5. The zero-order valence-corrected chi connectivity index (χ0v) is 14.3. The Morgan fingerprint density at radius 3 is 2.42 bits per heavy atom. The molecular weight excluding hydrogens is 326 g/mol. The Kier molecular flexibility index (Phi) is 5.76. The maximum Gasteiger partial charge on any atom is 0.248 e. The zero-order chi connectivity index (χ0) is 17.6. The summed E-state index contributed by atoms with van der Waals surface area (Å²) in [4.78, 5) is 12.1. The van der Waals surface area contributed by atoms with Crippen molar-refractivity contribution in [1.29, 1.82) is 0 Å². The van der Waals surface area contributed by atoms with Crippen LogP contribution in [0.5, 0.6) is 5.75 Å². The Hall–Kier alpha value is -2.60. The number of benzene rings is 2. The van der Waals surface area contributed by atoms with Crippen LogP contribution in [0.2, 0.25) is 0 Å². The van der Waals surface area contributed by atoms with E-state index in [9.17, 15) is 13.2 Å². The maximum absolute atomic E-state index is 12.0. The van der Waals surface area contributed by atoms with Crippen LogP contribution in [0, 0.1) is 0 Å². The van der Waals surface area contributed by atoms with Crippen molar-refractivity contribution in [3.8, 4) is 5.75 Å². The summed E-state index contributed by atoms with van der Waals surface area (Å²) in [6.45, 7) is 2.50. The Morgan fingerprint density at radius 1 is 1.12 bits per heavy atom. The second-order valence-corrected chi connectivity index (χ2v) is 7.08. The van der Waals surface area contributed by atoms with Crippen LogP contribution in [-0.4, -0.2) is 27.2 Å². The average Bonchev–Trinajstić information content (AvgIpc) is 2.54. The van der Waals surface area contributed by atoms with E-state index in [0.717, 1.165) is 17.6 Å². The summed E-state index contributed by atoms with van der Waals surface area (Å²) >= 11 is 0. The Bertz CT molecular complexity index is 840. The summed E-state index contributed by atoms with van der Waals surface area (Å²) in [6, 6.07) is 13.6. The van der Waals surface area contributed by atoms with Gasteiger partial charge in [0.05, 0.1) is 17.2 Å². The predicted octanol–water partition coefficient (Wildman–Crippen LogP) is 3.14. The smallest absolute Gasteiger partial charge is 0.248 e. The van der Waals surface area contributed by atoms with Crippen molar-refractivity contribution in [3.05, 3.63) is 60.2 Å².